The van der Waals surface area contributed by atoms with Gasteiger partial charge in [-0.05, 0) is 43.9 Å². The molecule has 0 bridgehead atoms. The highest BCUT2D eigenvalue weighted by Crippen LogP contribution is 2.48. The van der Waals surface area contributed by atoms with Crippen molar-refractivity contribution in [2.24, 2.45) is 11.8 Å². The molecule has 2 aliphatic heterocycles. The number of rotatable bonds is 0. The predicted molar refractivity (Wildman–Crippen MR) is 70.8 cm³/mol. The lowest BCUT2D eigenvalue weighted by Gasteiger charge is -2.52. The first-order valence-electron chi connectivity index (χ1n) is 7.57. The fourth-order valence-corrected chi connectivity index (χ4v) is 4.89. The molecule has 0 N–H and O–H groups in total. The van der Waals surface area contributed by atoms with Gasteiger partial charge in [0.2, 0.25) is 0 Å². The van der Waals surface area contributed by atoms with Gasteiger partial charge >= 0.3 is 0 Å². The van der Waals surface area contributed by atoms with E-state index in [2.05, 4.69) is 23.1 Å². The van der Waals surface area contributed by atoms with Crippen LogP contribution >= 0.6 is 0 Å². The smallest absolute Gasteiger partial charge is 0.0350 e. The molecule has 4 rings (SSSR count). The number of hydrogen-bond donors (Lipinski definition) is 0. The summed E-state index contributed by atoms with van der Waals surface area (Å²) in [5, 5.41) is 0. The van der Waals surface area contributed by atoms with Crippen LogP contribution in [0.15, 0.2) is 23.8 Å². The Labute approximate surface area is 105 Å². The largest absolute Gasteiger partial charge is 0.289 e. The lowest BCUT2D eigenvalue weighted by molar-refractivity contribution is 0.0496. The average molecular weight is 229 g/mol. The number of allylic oxidation sites excluding steroid dienone is 1. The van der Waals surface area contributed by atoms with Crippen molar-refractivity contribution in [3.63, 3.8) is 0 Å². The van der Waals surface area contributed by atoms with Gasteiger partial charge in [-0.25, -0.2) is 0 Å². The molecule has 0 aromatic carbocycles. The van der Waals surface area contributed by atoms with Crippen molar-refractivity contribution in [1.82, 2.24) is 4.90 Å². The molecule has 4 unspecified atom stereocenters. The number of fused-ring (bicyclic) bond motifs is 6. The van der Waals surface area contributed by atoms with E-state index in [1.54, 1.807) is 0 Å². The summed E-state index contributed by atoms with van der Waals surface area (Å²) in [5.41, 5.74) is 1.87. The maximum absolute atomic E-state index is 2.83. The van der Waals surface area contributed by atoms with Crippen LogP contribution in [0.25, 0.3) is 0 Å². The van der Waals surface area contributed by atoms with Gasteiger partial charge in [-0.15, -0.1) is 0 Å². The van der Waals surface area contributed by atoms with Crippen LogP contribution < -0.4 is 0 Å². The van der Waals surface area contributed by atoms with Gasteiger partial charge in [-0.1, -0.05) is 36.6 Å². The first-order valence-corrected chi connectivity index (χ1v) is 7.57. The van der Waals surface area contributed by atoms with E-state index in [4.69, 9.17) is 0 Å². The molecule has 0 aromatic rings. The van der Waals surface area contributed by atoms with Crippen molar-refractivity contribution in [2.75, 3.05) is 6.54 Å². The van der Waals surface area contributed by atoms with E-state index in [0.29, 0.717) is 0 Å². The molecule has 0 amide bonds. The molecule has 2 aliphatic carbocycles. The lowest BCUT2D eigenvalue weighted by atomic mass is 9.66. The molecule has 2 heterocycles. The normalized spacial score (nSPS) is 44.8. The van der Waals surface area contributed by atoms with Gasteiger partial charge in [0, 0.05) is 18.6 Å². The Bertz CT molecular complexity index is 368. The van der Waals surface area contributed by atoms with E-state index in [1.807, 2.05) is 5.57 Å². The van der Waals surface area contributed by atoms with Gasteiger partial charge < -0.3 is 0 Å². The molecular weight excluding hydrogens is 206 g/mol. The molecule has 17 heavy (non-hydrogen) atoms. The molecular formula is C16H23N. The Morgan fingerprint density at radius 1 is 1.00 bits per heavy atom. The van der Waals surface area contributed by atoms with Crippen molar-refractivity contribution >= 4 is 0 Å². The first-order chi connectivity index (χ1) is 8.45. The maximum Gasteiger partial charge on any atom is 0.0350 e. The summed E-state index contributed by atoms with van der Waals surface area (Å²) < 4.78 is 0. The number of piperidine rings is 1. The minimum absolute atomic E-state index is 0.765. The predicted octanol–water partition coefficient (Wildman–Crippen LogP) is 3.53. The van der Waals surface area contributed by atoms with E-state index < -0.39 is 0 Å². The van der Waals surface area contributed by atoms with Crippen LogP contribution in [0.1, 0.15) is 44.9 Å². The molecule has 0 aromatic heterocycles. The van der Waals surface area contributed by atoms with Crippen LogP contribution in [-0.2, 0) is 0 Å². The molecule has 1 heteroatoms. The third-order valence-electron chi connectivity index (χ3n) is 5.56. The summed E-state index contributed by atoms with van der Waals surface area (Å²) in [4.78, 5) is 2.83. The number of hydrogen-bond acceptors (Lipinski definition) is 1. The fraction of sp³-hybridized carbons (Fsp3) is 0.750. The molecule has 1 nitrogen and oxygen atoms in total. The molecule has 1 saturated carbocycles. The second-order valence-electron chi connectivity index (χ2n) is 6.32. The first kappa shape index (κ1) is 10.4. The highest BCUT2D eigenvalue weighted by Gasteiger charge is 2.46. The summed E-state index contributed by atoms with van der Waals surface area (Å²) in [6.07, 6.45) is 17.6. The van der Waals surface area contributed by atoms with E-state index in [-0.39, 0.29) is 0 Å². The Hall–Kier alpha value is -0.560. The summed E-state index contributed by atoms with van der Waals surface area (Å²) >= 11 is 0. The van der Waals surface area contributed by atoms with Gasteiger partial charge in [0.05, 0.1) is 0 Å². The second-order valence-corrected chi connectivity index (χ2v) is 6.32. The van der Waals surface area contributed by atoms with Crippen LogP contribution in [0.3, 0.4) is 0 Å². The lowest BCUT2D eigenvalue weighted by Crippen LogP contribution is -2.54. The SMILES string of the molecule is C1=CC2C3CCCC=C3C3CCCCC3N2C1. The Morgan fingerprint density at radius 2 is 1.88 bits per heavy atom. The zero-order chi connectivity index (χ0) is 11.2. The maximum atomic E-state index is 2.83. The Morgan fingerprint density at radius 3 is 2.88 bits per heavy atom. The Balaban J connectivity index is 1.73. The Kier molecular flexibility index (Phi) is 2.43. The van der Waals surface area contributed by atoms with Crippen molar-refractivity contribution in [3.8, 4) is 0 Å². The molecule has 4 atom stereocenters. The zero-order valence-electron chi connectivity index (χ0n) is 10.6. The molecule has 1 saturated heterocycles. The summed E-state index contributed by atoms with van der Waals surface area (Å²) in [6.45, 7) is 1.23. The van der Waals surface area contributed by atoms with E-state index in [9.17, 15) is 0 Å². The highest BCUT2D eigenvalue weighted by molar-refractivity contribution is 5.28. The molecule has 0 radical (unpaired) electrons. The van der Waals surface area contributed by atoms with Crippen LogP contribution in [0, 0.1) is 11.8 Å². The van der Waals surface area contributed by atoms with Gasteiger partial charge in [0.1, 0.15) is 0 Å². The second kappa shape index (κ2) is 3.98. The number of nitrogens with zero attached hydrogens (tertiary/aromatic N) is 1. The molecule has 92 valence electrons. The van der Waals surface area contributed by atoms with Crippen molar-refractivity contribution < 1.29 is 0 Å². The third-order valence-corrected chi connectivity index (χ3v) is 5.56. The van der Waals surface area contributed by atoms with Crippen LogP contribution in [0.5, 0.6) is 0 Å². The van der Waals surface area contributed by atoms with Gasteiger partial charge in [-0.3, -0.25) is 4.90 Å². The zero-order valence-corrected chi connectivity index (χ0v) is 10.6. The van der Waals surface area contributed by atoms with Crippen LogP contribution in [0.2, 0.25) is 0 Å². The van der Waals surface area contributed by atoms with Crippen molar-refractivity contribution in [1.29, 1.82) is 0 Å². The fourth-order valence-electron chi connectivity index (χ4n) is 4.89. The van der Waals surface area contributed by atoms with E-state index >= 15 is 0 Å². The van der Waals surface area contributed by atoms with Crippen molar-refractivity contribution in [2.45, 2.75) is 57.0 Å². The van der Waals surface area contributed by atoms with E-state index in [0.717, 1.165) is 23.9 Å². The quantitative estimate of drug-likeness (QED) is 0.574. The highest BCUT2D eigenvalue weighted by atomic mass is 15.2. The molecule has 0 spiro atoms. The molecule has 4 aliphatic rings. The molecule has 2 fully saturated rings. The van der Waals surface area contributed by atoms with Crippen LogP contribution in [0.4, 0.5) is 0 Å². The average Bonchev–Trinajstić information content (AvgIpc) is 2.89. The standard InChI is InChI=1S/C16H23N/c1-2-7-14-12(6-1)13-8-3-4-9-15(13)17-11-5-10-16(14)17/h5-6,10,13-16H,1-4,7-9,11H2. The summed E-state index contributed by atoms with van der Waals surface area (Å²) in [7, 11) is 0. The topological polar surface area (TPSA) is 3.24 Å². The summed E-state index contributed by atoms with van der Waals surface area (Å²) in [6, 6.07) is 1.64. The van der Waals surface area contributed by atoms with Crippen LogP contribution in [-0.4, -0.2) is 23.5 Å². The van der Waals surface area contributed by atoms with E-state index in [1.165, 1.54) is 51.5 Å². The van der Waals surface area contributed by atoms with Crippen molar-refractivity contribution in [3.05, 3.63) is 23.8 Å². The van der Waals surface area contributed by atoms with Gasteiger partial charge in [-0.2, -0.15) is 0 Å². The monoisotopic (exact) mass is 229 g/mol. The van der Waals surface area contributed by atoms with Gasteiger partial charge in [0.15, 0.2) is 0 Å². The summed E-state index contributed by atoms with van der Waals surface area (Å²) in [5.74, 6) is 1.80. The third kappa shape index (κ3) is 1.48. The minimum atomic E-state index is 0.765. The minimum Gasteiger partial charge on any atom is -0.289 e. The van der Waals surface area contributed by atoms with Gasteiger partial charge in [0.25, 0.3) is 0 Å².